The van der Waals surface area contributed by atoms with Crippen LogP contribution in [-0.2, 0) is 23.9 Å². The van der Waals surface area contributed by atoms with Crippen LogP contribution in [0.5, 0.6) is 0 Å². The lowest BCUT2D eigenvalue weighted by molar-refractivity contribution is -0.147. The Bertz CT molecular complexity index is 459. The number of nitrogens with one attached hydrogen (secondary N) is 1. The lowest BCUT2D eigenvalue weighted by Crippen LogP contribution is -2.51. The zero-order valence-electron chi connectivity index (χ0n) is 14.0. The van der Waals surface area contributed by atoms with Crippen LogP contribution in [0.15, 0.2) is 0 Å². The number of hydrogen-bond acceptors (Lipinski definition) is 6. The highest BCUT2D eigenvalue weighted by atomic mass is 16.5. The number of rotatable bonds is 8. The van der Waals surface area contributed by atoms with E-state index in [9.17, 15) is 14.4 Å². The average molecular weight is 330 g/mol. The number of esters is 1. The van der Waals surface area contributed by atoms with E-state index >= 15 is 0 Å². The van der Waals surface area contributed by atoms with Crippen molar-refractivity contribution in [2.45, 2.75) is 51.8 Å². The van der Waals surface area contributed by atoms with Gasteiger partial charge in [0.2, 0.25) is 5.91 Å². The Hall–Kier alpha value is -1.67. The Morgan fingerprint density at radius 1 is 1.35 bits per heavy atom. The lowest BCUT2D eigenvalue weighted by atomic mass is 9.90. The number of ether oxygens (including phenoxy) is 2. The third-order valence-corrected chi connectivity index (χ3v) is 3.85. The van der Waals surface area contributed by atoms with Crippen molar-refractivity contribution in [2.24, 2.45) is 17.1 Å². The second-order valence-electron chi connectivity index (χ2n) is 6.87. The van der Waals surface area contributed by atoms with Crippen molar-refractivity contribution in [3.8, 4) is 0 Å². The van der Waals surface area contributed by atoms with Crippen molar-refractivity contribution in [3.63, 3.8) is 0 Å². The van der Waals surface area contributed by atoms with Gasteiger partial charge in [-0.15, -0.1) is 0 Å². The quantitative estimate of drug-likeness (QED) is 0.530. The van der Waals surface area contributed by atoms with Gasteiger partial charge in [0.05, 0.1) is 32.3 Å². The predicted molar refractivity (Wildman–Crippen MR) is 81.5 cm³/mol. The van der Waals surface area contributed by atoms with E-state index in [1.54, 1.807) is 0 Å². The first kappa shape index (κ1) is 19.4. The van der Waals surface area contributed by atoms with E-state index in [1.807, 2.05) is 0 Å². The first-order chi connectivity index (χ1) is 10.6. The van der Waals surface area contributed by atoms with Crippen LogP contribution in [0.3, 0.4) is 0 Å². The van der Waals surface area contributed by atoms with Crippen molar-refractivity contribution < 1.29 is 29.0 Å². The standard InChI is InChI=1S/C15H26N2O6/c1-15(2,3)8-5-11(8)23-7-10(14(21)22-4)17-13(20)9(16)6-12(18)19/h8-11H,5-7,16H2,1-4H3,(H,17,20)(H,18,19)/t8?,9-,10-,11?/m0/s1. The van der Waals surface area contributed by atoms with Crippen LogP contribution < -0.4 is 11.1 Å². The molecule has 0 aromatic carbocycles. The molecule has 8 nitrogen and oxygen atoms in total. The van der Waals surface area contributed by atoms with Crippen molar-refractivity contribution in [2.75, 3.05) is 13.7 Å². The average Bonchev–Trinajstić information content (AvgIpc) is 3.21. The molecule has 4 atom stereocenters. The summed E-state index contributed by atoms with van der Waals surface area (Å²) in [5, 5.41) is 11.0. The van der Waals surface area contributed by atoms with Gasteiger partial charge in [0.15, 0.2) is 6.04 Å². The molecule has 2 unspecified atom stereocenters. The third-order valence-electron chi connectivity index (χ3n) is 3.85. The topological polar surface area (TPSA) is 128 Å². The van der Waals surface area contributed by atoms with E-state index in [1.165, 1.54) is 7.11 Å². The molecule has 0 heterocycles. The molecule has 0 radical (unpaired) electrons. The summed E-state index contributed by atoms with van der Waals surface area (Å²) in [7, 11) is 1.20. The van der Waals surface area contributed by atoms with Crippen molar-refractivity contribution in [1.82, 2.24) is 5.32 Å². The SMILES string of the molecule is COC(=O)[C@H](COC1CC1C(C)(C)C)NC(=O)[C@@H](N)CC(=O)O. The molecule has 4 N–H and O–H groups in total. The Labute approximate surface area is 135 Å². The van der Waals surface area contributed by atoms with Gasteiger partial charge in [-0.3, -0.25) is 9.59 Å². The Balaban J connectivity index is 2.52. The molecular weight excluding hydrogens is 304 g/mol. The zero-order valence-corrected chi connectivity index (χ0v) is 14.0. The predicted octanol–water partition coefficient (Wildman–Crippen LogP) is -0.103. The highest BCUT2D eigenvalue weighted by Gasteiger charge is 2.46. The largest absolute Gasteiger partial charge is 0.481 e. The molecule has 0 aromatic heterocycles. The van der Waals surface area contributed by atoms with Crippen molar-refractivity contribution in [1.29, 1.82) is 0 Å². The monoisotopic (exact) mass is 330 g/mol. The highest BCUT2D eigenvalue weighted by Crippen LogP contribution is 2.47. The van der Waals surface area contributed by atoms with E-state index < -0.39 is 36.4 Å². The molecule has 0 saturated heterocycles. The third kappa shape index (κ3) is 6.15. The highest BCUT2D eigenvalue weighted by molar-refractivity contribution is 5.89. The molecule has 132 valence electrons. The van der Waals surface area contributed by atoms with E-state index in [0.717, 1.165) is 6.42 Å². The maximum Gasteiger partial charge on any atom is 0.330 e. The van der Waals surface area contributed by atoms with Crippen LogP contribution >= 0.6 is 0 Å². The first-order valence-electron chi connectivity index (χ1n) is 7.53. The van der Waals surface area contributed by atoms with Gasteiger partial charge in [-0.1, -0.05) is 20.8 Å². The van der Waals surface area contributed by atoms with Gasteiger partial charge >= 0.3 is 11.9 Å². The van der Waals surface area contributed by atoms with Gasteiger partial charge < -0.3 is 25.6 Å². The Morgan fingerprint density at radius 3 is 2.39 bits per heavy atom. The molecule has 1 fully saturated rings. The number of amides is 1. The second-order valence-corrected chi connectivity index (χ2v) is 6.87. The van der Waals surface area contributed by atoms with Crippen LogP contribution in [0.25, 0.3) is 0 Å². The summed E-state index contributed by atoms with van der Waals surface area (Å²) in [6.45, 7) is 6.32. The van der Waals surface area contributed by atoms with E-state index in [0.29, 0.717) is 5.92 Å². The molecule has 8 heteroatoms. The molecule has 1 amide bonds. The minimum absolute atomic E-state index is 0.0323. The Morgan fingerprint density at radius 2 is 1.96 bits per heavy atom. The Kier molecular flexibility index (Phi) is 6.52. The van der Waals surface area contributed by atoms with Gasteiger partial charge in [0.1, 0.15) is 0 Å². The number of carbonyl (C=O) groups excluding carboxylic acids is 2. The maximum absolute atomic E-state index is 11.8. The smallest absolute Gasteiger partial charge is 0.330 e. The summed E-state index contributed by atoms with van der Waals surface area (Å²) >= 11 is 0. The van der Waals surface area contributed by atoms with Crippen molar-refractivity contribution >= 4 is 17.8 Å². The molecule has 1 rings (SSSR count). The van der Waals surface area contributed by atoms with Crippen LogP contribution in [0.2, 0.25) is 0 Å². The first-order valence-corrected chi connectivity index (χ1v) is 7.53. The molecule has 0 aliphatic heterocycles. The van der Waals surface area contributed by atoms with Crippen LogP contribution in [0, 0.1) is 11.3 Å². The summed E-state index contributed by atoms with van der Waals surface area (Å²) in [6.07, 6.45) is 0.436. The summed E-state index contributed by atoms with van der Waals surface area (Å²) < 4.78 is 10.3. The minimum atomic E-state index is -1.23. The molecule has 23 heavy (non-hydrogen) atoms. The molecule has 1 saturated carbocycles. The summed E-state index contributed by atoms with van der Waals surface area (Å²) in [6, 6.07) is -2.24. The molecule has 1 aliphatic carbocycles. The van der Waals surface area contributed by atoms with Crippen LogP contribution in [0.4, 0.5) is 0 Å². The van der Waals surface area contributed by atoms with Crippen LogP contribution in [0.1, 0.15) is 33.6 Å². The molecule has 0 spiro atoms. The molecule has 0 bridgehead atoms. The number of aliphatic carboxylic acids is 1. The molecule has 1 aliphatic rings. The summed E-state index contributed by atoms with van der Waals surface area (Å²) in [4.78, 5) is 34.1. The zero-order chi connectivity index (χ0) is 17.8. The molecular formula is C15H26N2O6. The molecule has 0 aromatic rings. The number of carboxylic acid groups (broad SMARTS) is 1. The van der Waals surface area contributed by atoms with Crippen LogP contribution in [-0.4, -0.2) is 54.9 Å². The van der Waals surface area contributed by atoms with Gasteiger partial charge in [0.25, 0.3) is 0 Å². The normalized spacial score (nSPS) is 22.8. The second kappa shape index (κ2) is 7.74. The summed E-state index contributed by atoms with van der Waals surface area (Å²) in [5.41, 5.74) is 5.59. The van der Waals surface area contributed by atoms with Crippen molar-refractivity contribution in [3.05, 3.63) is 0 Å². The lowest BCUT2D eigenvalue weighted by Gasteiger charge is -2.20. The number of hydrogen-bond donors (Lipinski definition) is 3. The van der Waals surface area contributed by atoms with E-state index in [4.69, 9.17) is 15.6 Å². The fourth-order valence-corrected chi connectivity index (χ4v) is 2.36. The van der Waals surface area contributed by atoms with E-state index in [2.05, 4.69) is 30.8 Å². The summed E-state index contributed by atoms with van der Waals surface area (Å²) in [5.74, 6) is -2.17. The fraction of sp³-hybridized carbons (Fsp3) is 0.800. The van der Waals surface area contributed by atoms with Gasteiger partial charge in [0, 0.05) is 0 Å². The number of nitrogens with two attached hydrogens (primary N) is 1. The van der Waals surface area contributed by atoms with Gasteiger partial charge in [-0.2, -0.15) is 0 Å². The van der Waals surface area contributed by atoms with E-state index in [-0.39, 0.29) is 18.1 Å². The van der Waals surface area contributed by atoms with Gasteiger partial charge in [-0.05, 0) is 17.8 Å². The number of carbonyl (C=O) groups is 3. The minimum Gasteiger partial charge on any atom is -0.481 e. The van der Waals surface area contributed by atoms with Gasteiger partial charge in [-0.25, -0.2) is 4.79 Å². The number of carboxylic acids is 1. The maximum atomic E-state index is 11.8. The fourth-order valence-electron chi connectivity index (χ4n) is 2.36. The number of methoxy groups -OCH3 is 1.